The summed E-state index contributed by atoms with van der Waals surface area (Å²) in [6.45, 7) is 2.90. The van der Waals surface area contributed by atoms with Crippen molar-refractivity contribution in [2.45, 2.75) is 44.8 Å². The Bertz CT molecular complexity index is 1210. The fourth-order valence-electron chi connectivity index (χ4n) is 4.77. The predicted molar refractivity (Wildman–Crippen MR) is 121 cm³/mol. The Morgan fingerprint density at radius 1 is 1.07 bits per heavy atom. The lowest BCUT2D eigenvalue weighted by Gasteiger charge is -2.16. The highest BCUT2D eigenvalue weighted by Gasteiger charge is 2.25. The average Bonchev–Trinajstić information content (AvgIpc) is 3.31. The molecule has 1 aliphatic rings. The highest BCUT2D eigenvalue weighted by atomic mass is 19.1. The molecule has 5 heteroatoms. The van der Waals surface area contributed by atoms with E-state index in [9.17, 15) is 4.39 Å². The van der Waals surface area contributed by atoms with Crippen molar-refractivity contribution in [3.8, 4) is 0 Å². The number of nitrogens with one attached hydrogen (secondary N) is 2. The SMILES string of the molecule is Cc1cc(N[C@H]2CC[C@H](NCc3cn(C)c4ccccc34)C2)nc2ccc(F)cc12. The van der Waals surface area contributed by atoms with Crippen LogP contribution in [0.5, 0.6) is 0 Å². The molecule has 0 bridgehead atoms. The van der Waals surface area contributed by atoms with E-state index in [-0.39, 0.29) is 5.82 Å². The van der Waals surface area contributed by atoms with Gasteiger partial charge in [0.15, 0.2) is 0 Å². The number of pyridine rings is 1. The summed E-state index contributed by atoms with van der Waals surface area (Å²) in [7, 11) is 2.11. The van der Waals surface area contributed by atoms with Gasteiger partial charge >= 0.3 is 0 Å². The van der Waals surface area contributed by atoms with Crippen molar-refractivity contribution in [2.24, 2.45) is 7.05 Å². The van der Waals surface area contributed by atoms with Crippen molar-refractivity contribution >= 4 is 27.6 Å². The van der Waals surface area contributed by atoms with E-state index in [0.29, 0.717) is 12.1 Å². The molecule has 0 spiro atoms. The Morgan fingerprint density at radius 3 is 2.80 bits per heavy atom. The van der Waals surface area contributed by atoms with Crippen molar-refractivity contribution < 1.29 is 4.39 Å². The fraction of sp³-hybridized carbons (Fsp3) is 0.320. The predicted octanol–water partition coefficient (Wildman–Crippen LogP) is 5.30. The molecule has 0 unspecified atom stereocenters. The minimum atomic E-state index is -0.219. The molecule has 1 fully saturated rings. The molecule has 4 aromatic rings. The van der Waals surface area contributed by atoms with Gasteiger partial charge in [-0.25, -0.2) is 9.37 Å². The Hall–Kier alpha value is -2.92. The fourth-order valence-corrected chi connectivity index (χ4v) is 4.77. The number of hydrogen-bond donors (Lipinski definition) is 2. The second-order valence-electron chi connectivity index (χ2n) is 8.50. The summed E-state index contributed by atoms with van der Waals surface area (Å²) in [4.78, 5) is 4.70. The molecular weight excluding hydrogens is 375 g/mol. The van der Waals surface area contributed by atoms with E-state index in [1.165, 1.54) is 22.5 Å². The highest BCUT2D eigenvalue weighted by Crippen LogP contribution is 2.27. The van der Waals surface area contributed by atoms with Crippen LogP contribution in [0, 0.1) is 12.7 Å². The maximum atomic E-state index is 13.5. The van der Waals surface area contributed by atoms with Gasteiger partial charge in [0.2, 0.25) is 0 Å². The summed E-state index contributed by atoms with van der Waals surface area (Å²) in [5, 5.41) is 9.56. The van der Waals surface area contributed by atoms with E-state index in [4.69, 9.17) is 4.98 Å². The van der Waals surface area contributed by atoms with Crippen LogP contribution in [0.2, 0.25) is 0 Å². The van der Waals surface area contributed by atoms with E-state index in [0.717, 1.165) is 48.1 Å². The number of anilines is 1. The Balaban J connectivity index is 1.23. The van der Waals surface area contributed by atoms with Crippen molar-refractivity contribution in [3.63, 3.8) is 0 Å². The molecule has 2 atom stereocenters. The lowest BCUT2D eigenvalue weighted by Crippen LogP contribution is -2.27. The van der Waals surface area contributed by atoms with Crippen LogP contribution < -0.4 is 10.6 Å². The van der Waals surface area contributed by atoms with Gasteiger partial charge in [0.25, 0.3) is 0 Å². The molecule has 30 heavy (non-hydrogen) atoms. The molecule has 0 amide bonds. The number of aromatic nitrogens is 2. The van der Waals surface area contributed by atoms with Gasteiger partial charge in [-0.2, -0.15) is 0 Å². The third-order valence-electron chi connectivity index (χ3n) is 6.32. The first kappa shape index (κ1) is 19.1. The van der Waals surface area contributed by atoms with E-state index < -0.39 is 0 Å². The molecule has 2 aromatic heterocycles. The van der Waals surface area contributed by atoms with Crippen molar-refractivity contribution in [1.29, 1.82) is 0 Å². The molecule has 0 aliphatic heterocycles. The Labute approximate surface area is 176 Å². The quantitative estimate of drug-likeness (QED) is 0.476. The van der Waals surface area contributed by atoms with Crippen LogP contribution in [0.3, 0.4) is 0 Å². The molecule has 2 heterocycles. The third kappa shape index (κ3) is 3.65. The van der Waals surface area contributed by atoms with Crippen LogP contribution in [-0.2, 0) is 13.6 Å². The molecule has 0 radical (unpaired) electrons. The van der Waals surface area contributed by atoms with E-state index >= 15 is 0 Å². The topological polar surface area (TPSA) is 41.9 Å². The zero-order valence-electron chi connectivity index (χ0n) is 17.5. The second kappa shape index (κ2) is 7.73. The zero-order chi connectivity index (χ0) is 20.7. The number of fused-ring (bicyclic) bond motifs is 2. The number of benzene rings is 2. The van der Waals surface area contributed by atoms with Crippen LogP contribution in [0.1, 0.15) is 30.4 Å². The van der Waals surface area contributed by atoms with Crippen LogP contribution in [0.25, 0.3) is 21.8 Å². The summed E-state index contributed by atoms with van der Waals surface area (Å²) in [5.41, 5.74) is 4.51. The first-order valence-electron chi connectivity index (χ1n) is 10.7. The van der Waals surface area contributed by atoms with Gasteiger partial charge in [0, 0.05) is 48.2 Å². The van der Waals surface area contributed by atoms with Crippen LogP contribution >= 0.6 is 0 Å². The third-order valence-corrected chi connectivity index (χ3v) is 6.32. The molecule has 2 aromatic carbocycles. The summed E-state index contributed by atoms with van der Waals surface area (Å²) in [6.07, 6.45) is 5.58. The number of para-hydroxylation sites is 1. The van der Waals surface area contributed by atoms with E-state index in [2.05, 4.69) is 52.7 Å². The number of aryl methyl sites for hydroxylation is 2. The van der Waals surface area contributed by atoms with Gasteiger partial charge in [-0.15, -0.1) is 0 Å². The first-order chi connectivity index (χ1) is 14.6. The highest BCUT2D eigenvalue weighted by molar-refractivity contribution is 5.84. The number of nitrogens with zero attached hydrogens (tertiary/aromatic N) is 2. The summed E-state index contributed by atoms with van der Waals surface area (Å²) in [5.74, 6) is 0.662. The average molecular weight is 403 g/mol. The smallest absolute Gasteiger partial charge is 0.127 e. The summed E-state index contributed by atoms with van der Waals surface area (Å²) >= 11 is 0. The van der Waals surface area contributed by atoms with E-state index in [1.54, 1.807) is 12.1 Å². The largest absolute Gasteiger partial charge is 0.367 e. The normalized spacial score (nSPS) is 19.0. The molecular formula is C25H27FN4. The lowest BCUT2D eigenvalue weighted by atomic mass is 10.1. The monoisotopic (exact) mass is 402 g/mol. The minimum Gasteiger partial charge on any atom is -0.367 e. The van der Waals surface area contributed by atoms with Crippen LogP contribution in [-0.4, -0.2) is 21.6 Å². The number of rotatable bonds is 5. The lowest BCUT2D eigenvalue weighted by molar-refractivity contribution is 0.521. The molecule has 1 saturated carbocycles. The van der Waals surface area contributed by atoms with Gasteiger partial charge in [-0.05, 0) is 67.6 Å². The summed E-state index contributed by atoms with van der Waals surface area (Å²) in [6, 6.07) is 16.3. The van der Waals surface area contributed by atoms with Gasteiger partial charge < -0.3 is 15.2 Å². The maximum Gasteiger partial charge on any atom is 0.127 e. The maximum absolute atomic E-state index is 13.5. The van der Waals surface area contributed by atoms with Crippen molar-refractivity contribution in [3.05, 3.63) is 71.7 Å². The van der Waals surface area contributed by atoms with Crippen molar-refractivity contribution in [2.75, 3.05) is 5.32 Å². The van der Waals surface area contributed by atoms with Gasteiger partial charge in [0.05, 0.1) is 5.52 Å². The zero-order valence-corrected chi connectivity index (χ0v) is 17.5. The van der Waals surface area contributed by atoms with Crippen molar-refractivity contribution in [1.82, 2.24) is 14.9 Å². The van der Waals surface area contributed by atoms with Gasteiger partial charge in [-0.3, -0.25) is 0 Å². The molecule has 5 rings (SSSR count). The number of halogens is 1. The van der Waals surface area contributed by atoms with Gasteiger partial charge in [0.1, 0.15) is 11.6 Å². The molecule has 0 saturated heterocycles. The summed E-state index contributed by atoms with van der Waals surface area (Å²) < 4.78 is 15.7. The first-order valence-corrected chi connectivity index (χ1v) is 10.7. The van der Waals surface area contributed by atoms with Crippen LogP contribution in [0.4, 0.5) is 10.2 Å². The van der Waals surface area contributed by atoms with E-state index in [1.807, 2.05) is 13.0 Å². The molecule has 154 valence electrons. The Kier molecular flexibility index (Phi) is 4.91. The molecule has 2 N–H and O–H groups in total. The van der Waals surface area contributed by atoms with Gasteiger partial charge in [-0.1, -0.05) is 18.2 Å². The second-order valence-corrected chi connectivity index (χ2v) is 8.50. The molecule has 1 aliphatic carbocycles. The minimum absolute atomic E-state index is 0.219. The van der Waals surface area contributed by atoms with Crippen LogP contribution in [0.15, 0.2) is 54.7 Å². The standard InChI is InChI=1S/C25H27FN4/c1-16-11-25(29-23-10-7-18(26)12-22(16)23)28-20-9-8-19(13-20)27-14-17-15-30(2)24-6-4-3-5-21(17)24/h3-7,10-12,15,19-20,27H,8-9,13-14H2,1-2H3,(H,28,29)/t19-,20-/m0/s1. The number of hydrogen-bond acceptors (Lipinski definition) is 3. The Morgan fingerprint density at radius 2 is 1.90 bits per heavy atom. The molecule has 4 nitrogen and oxygen atoms in total.